The normalized spacial score (nSPS) is 23.2. The molecule has 2 saturated heterocycles. The lowest BCUT2D eigenvalue weighted by atomic mass is 10.0. The zero-order valence-electron chi connectivity index (χ0n) is 15.2. The number of benzene rings is 1. The Morgan fingerprint density at radius 1 is 1.20 bits per heavy atom. The third-order valence-electron chi connectivity index (χ3n) is 5.14. The number of nitrogens with one attached hydrogen (secondary N) is 1. The van der Waals surface area contributed by atoms with Crippen LogP contribution in [0.5, 0.6) is 5.75 Å². The van der Waals surface area contributed by atoms with Crippen LogP contribution in [0.1, 0.15) is 44.7 Å². The molecule has 6 heteroatoms. The molecule has 0 saturated carbocycles. The first-order valence-electron chi connectivity index (χ1n) is 8.94. The number of hydrogen-bond acceptors (Lipinski definition) is 4. The van der Waals surface area contributed by atoms with Crippen LogP contribution in [0.2, 0.25) is 0 Å². The molecule has 136 valence electrons. The Balaban J connectivity index is 1.55. The summed E-state index contributed by atoms with van der Waals surface area (Å²) >= 11 is 0. The van der Waals surface area contributed by atoms with Crippen molar-refractivity contribution < 1.29 is 14.3 Å². The van der Waals surface area contributed by atoms with Gasteiger partial charge in [0.15, 0.2) is 0 Å². The summed E-state index contributed by atoms with van der Waals surface area (Å²) in [5.74, 6) is 0.736. The maximum Gasteiger partial charge on any atom is 0.325 e. The molecule has 0 spiro atoms. The van der Waals surface area contributed by atoms with Crippen molar-refractivity contribution >= 4 is 11.9 Å². The van der Waals surface area contributed by atoms with Crippen molar-refractivity contribution in [1.82, 2.24) is 15.1 Å². The third-order valence-corrected chi connectivity index (χ3v) is 5.14. The molecule has 1 aromatic rings. The van der Waals surface area contributed by atoms with Crippen LogP contribution < -0.4 is 10.1 Å². The number of carbonyl (C=O) groups excluding carboxylic acids is 2. The molecule has 1 unspecified atom stereocenters. The van der Waals surface area contributed by atoms with E-state index in [1.165, 1.54) is 16.9 Å². The van der Waals surface area contributed by atoms with Crippen molar-refractivity contribution in [2.24, 2.45) is 0 Å². The van der Waals surface area contributed by atoms with E-state index in [1.807, 2.05) is 12.1 Å². The van der Waals surface area contributed by atoms with Crippen LogP contribution in [0.15, 0.2) is 24.3 Å². The highest BCUT2D eigenvalue weighted by molar-refractivity contribution is 6.06. The molecule has 1 N–H and O–H groups in total. The molecule has 0 aromatic heterocycles. The standard InChI is InChI=1S/C19H27N3O3/c1-19(2)17(23)22(18(24)20-19)13-5-12-21-11-4-6-16(21)14-7-9-15(25-3)10-8-14/h7-10,16H,4-6,11-13H2,1-3H3,(H,20,24). The first-order chi connectivity index (χ1) is 11.9. The average Bonchev–Trinajstić information content (AvgIpc) is 3.12. The fraction of sp³-hybridized carbons (Fsp3) is 0.579. The van der Waals surface area contributed by atoms with Gasteiger partial charge in [0.25, 0.3) is 5.91 Å². The SMILES string of the molecule is COc1ccc(C2CCCN2CCCN2C(=O)NC(C)(C)C2=O)cc1. The Kier molecular flexibility index (Phi) is 4.99. The number of imide groups is 1. The van der Waals surface area contributed by atoms with E-state index in [1.54, 1.807) is 21.0 Å². The molecular weight excluding hydrogens is 318 g/mol. The molecule has 3 amide bonds. The molecule has 0 aliphatic carbocycles. The quantitative estimate of drug-likeness (QED) is 0.805. The summed E-state index contributed by atoms with van der Waals surface area (Å²) in [7, 11) is 1.67. The van der Waals surface area contributed by atoms with Crippen molar-refractivity contribution in [3.8, 4) is 5.75 Å². The van der Waals surface area contributed by atoms with Crippen molar-refractivity contribution in [3.05, 3.63) is 29.8 Å². The van der Waals surface area contributed by atoms with Gasteiger partial charge in [-0.3, -0.25) is 14.6 Å². The number of likely N-dealkylation sites (tertiary alicyclic amines) is 1. The minimum atomic E-state index is -0.781. The van der Waals surface area contributed by atoms with Crippen molar-refractivity contribution in [2.75, 3.05) is 26.7 Å². The molecule has 0 bridgehead atoms. The van der Waals surface area contributed by atoms with Gasteiger partial charge in [0, 0.05) is 19.1 Å². The summed E-state index contributed by atoms with van der Waals surface area (Å²) in [5, 5.41) is 2.73. The number of carbonyl (C=O) groups is 2. The average molecular weight is 345 g/mol. The van der Waals surface area contributed by atoms with Crippen molar-refractivity contribution in [3.63, 3.8) is 0 Å². The van der Waals surface area contributed by atoms with Gasteiger partial charge in [0.05, 0.1) is 7.11 Å². The predicted molar refractivity (Wildman–Crippen MR) is 95.5 cm³/mol. The van der Waals surface area contributed by atoms with Gasteiger partial charge in [-0.2, -0.15) is 0 Å². The van der Waals surface area contributed by atoms with Crippen LogP contribution in [0, 0.1) is 0 Å². The molecule has 2 heterocycles. The maximum atomic E-state index is 12.2. The van der Waals surface area contributed by atoms with Crippen LogP contribution in [0.3, 0.4) is 0 Å². The first kappa shape index (κ1) is 17.7. The lowest BCUT2D eigenvalue weighted by Gasteiger charge is -2.25. The van der Waals surface area contributed by atoms with E-state index in [4.69, 9.17) is 4.74 Å². The lowest BCUT2D eigenvalue weighted by Crippen LogP contribution is -2.40. The molecule has 2 aliphatic rings. The number of ether oxygens (including phenoxy) is 1. The number of urea groups is 1. The fourth-order valence-electron chi connectivity index (χ4n) is 3.75. The van der Waals surface area contributed by atoms with Gasteiger partial charge in [0.2, 0.25) is 0 Å². The Labute approximate surface area is 149 Å². The molecule has 2 aliphatic heterocycles. The monoisotopic (exact) mass is 345 g/mol. The van der Waals surface area contributed by atoms with Gasteiger partial charge in [0.1, 0.15) is 11.3 Å². The summed E-state index contributed by atoms with van der Waals surface area (Å²) < 4.78 is 5.23. The molecular formula is C19H27N3O3. The smallest absolute Gasteiger partial charge is 0.325 e. The molecule has 0 radical (unpaired) electrons. The fourth-order valence-corrected chi connectivity index (χ4v) is 3.75. The molecule has 3 rings (SSSR count). The number of rotatable bonds is 6. The molecule has 25 heavy (non-hydrogen) atoms. The topological polar surface area (TPSA) is 61.9 Å². The van der Waals surface area contributed by atoms with Gasteiger partial charge >= 0.3 is 6.03 Å². The zero-order chi connectivity index (χ0) is 18.0. The number of nitrogens with zero attached hydrogens (tertiary/aromatic N) is 2. The van der Waals surface area contributed by atoms with Crippen LogP contribution in [0.25, 0.3) is 0 Å². The Hall–Kier alpha value is -2.08. The predicted octanol–water partition coefficient (Wildman–Crippen LogP) is 2.55. The van der Waals surface area contributed by atoms with Gasteiger partial charge in [-0.25, -0.2) is 4.79 Å². The van der Waals surface area contributed by atoms with E-state index in [0.717, 1.165) is 31.7 Å². The van der Waals surface area contributed by atoms with Crippen molar-refractivity contribution in [2.45, 2.75) is 44.7 Å². The second kappa shape index (κ2) is 7.04. The van der Waals surface area contributed by atoms with Crippen molar-refractivity contribution in [1.29, 1.82) is 0 Å². The van der Waals surface area contributed by atoms with E-state index in [9.17, 15) is 9.59 Å². The third kappa shape index (κ3) is 3.63. The van der Waals surface area contributed by atoms with Crippen LogP contribution in [-0.2, 0) is 4.79 Å². The van der Waals surface area contributed by atoms with Crippen LogP contribution >= 0.6 is 0 Å². The molecule has 2 fully saturated rings. The molecule has 1 atom stereocenters. The van der Waals surface area contributed by atoms with E-state index < -0.39 is 5.54 Å². The Morgan fingerprint density at radius 3 is 2.52 bits per heavy atom. The van der Waals surface area contributed by atoms with Crippen LogP contribution in [-0.4, -0.2) is 54.0 Å². The summed E-state index contributed by atoms with van der Waals surface area (Å²) in [4.78, 5) is 28.0. The van der Waals surface area contributed by atoms with E-state index >= 15 is 0 Å². The Bertz CT molecular complexity index is 642. The number of methoxy groups -OCH3 is 1. The summed E-state index contributed by atoms with van der Waals surface area (Å²) in [6, 6.07) is 8.39. The van der Waals surface area contributed by atoms with Gasteiger partial charge < -0.3 is 10.1 Å². The van der Waals surface area contributed by atoms with Gasteiger partial charge in [-0.1, -0.05) is 12.1 Å². The summed E-state index contributed by atoms with van der Waals surface area (Å²) in [6.45, 7) is 5.90. The highest BCUT2D eigenvalue weighted by Crippen LogP contribution is 2.32. The second-order valence-corrected chi connectivity index (χ2v) is 7.33. The summed E-state index contributed by atoms with van der Waals surface area (Å²) in [5.41, 5.74) is 0.519. The lowest BCUT2D eigenvalue weighted by molar-refractivity contribution is -0.130. The minimum absolute atomic E-state index is 0.134. The van der Waals surface area contributed by atoms with E-state index in [-0.39, 0.29) is 11.9 Å². The van der Waals surface area contributed by atoms with Crippen LogP contribution in [0.4, 0.5) is 4.79 Å². The van der Waals surface area contributed by atoms with Gasteiger partial charge in [-0.15, -0.1) is 0 Å². The maximum absolute atomic E-state index is 12.2. The molecule has 1 aromatic carbocycles. The highest BCUT2D eigenvalue weighted by atomic mass is 16.5. The van der Waals surface area contributed by atoms with E-state index in [0.29, 0.717) is 12.6 Å². The first-order valence-corrected chi connectivity index (χ1v) is 8.94. The van der Waals surface area contributed by atoms with Gasteiger partial charge in [-0.05, 0) is 57.4 Å². The largest absolute Gasteiger partial charge is 0.497 e. The zero-order valence-corrected chi connectivity index (χ0v) is 15.2. The Morgan fingerprint density at radius 2 is 1.92 bits per heavy atom. The summed E-state index contributed by atoms with van der Waals surface area (Å²) in [6.07, 6.45) is 3.11. The highest BCUT2D eigenvalue weighted by Gasteiger charge is 2.43. The second-order valence-electron chi connectivity index (χ2n) is 7.33. The number of amides is 3. The van der Waals surface area contributed by atoms with E-state index in [2.05, 4.69) is 22.3 Å². The minimum Gasteiger partial charge on any atom is -0.497 e. The number of hydrogen-bond donors (Lipinski definition) is 1. The molecule has 6 nitrogen and oxygen atoms in total.